The Morgan fingerprint density at radius 2 is 1.96 bits per heavy atom. The van der Waals surface area contributed by atoms with Gasteiger partial charge in [0.25, 0.3) is 0 Å². The van der Waals surface area contributed by atoms with E-state index in [1.807, 2.05) is 65.6 Å². The quantitative estimate of drug-likeness (QED) is 0.616. The van der Waals surface area contributed by atoms with Crippen LogP contribution < -0.4 is 5.32 Å². The van der Waals surface area contributed by atoms with Gasteiger partial charge in [-0.25, -0.2) is 15.0 Å². The van der Waals surface area contributed by atoms with Crippen LogP contribution in [0.15, 0.2) is 61.3 Å². The van der Waals surface area contributed by atoms with Crippen LogP contribution in [0.2, 0.25) is 0 Å². The number of aryl methyl sites for hydroxylation is 1. The summed E-state index contributed by atoms with van der Waals surface area (Å²) in [5.74, 6) is 1.49. The lowest BCUT2D eigenvalue weighted by atomic mass is 10.2. The van der Waals surface area contributed by atoms with E-state index < -0.39 is 6.04 Å². The maximum atomic E-state index is 12.6. The summed E-state index contributed by atoms with van der Waals surface area (Å²) in [6.45, 7) is 3.76. The number of amides is 1. The highest BCUT2D eigenvalue weighted by Crippen LogP contribution is 2.19. The molecule has 1 N–H and O–H groups in total. The largest absolute Gasteiger partial charge is 0.323 e. The molecule has 1 atom stereocenters. The van der Waals surface area contributed by atoms with E-state index in [9.17, 15) is 4.79 Å². The molecule has 0 saturated carbocycles. The van der Waals surface area contributed by atoms with E-state index in [0.717, 1.165) is 22.7 Å². The van der Waals surface area contributed by atoms with Crippen molar-refractivity contribution in [3.8, 4) is 5.82 Å². The molecule has 4 rings (SSSR count). The van der Waals surface area contributed by atoms with Crippen molar-refractivity contribution in [3.63, 3.8) is 0 Å². The van der Waals surface area contributed by atoms with Crippen molar-refractivity contribution < 1.29 is 4.79 Å². The van der Waals surface area contributed by atoms with Gasteiger partial charge in [0.15, 0.2) is 0 Å². The maximum absolute atomic E-state index is 12.6. The van der Waals surface area contributed by atoms with Crippen molar-refractivity contribution >= 4 is 22.6 Å². The number of fused-ring (bicyclic) bond motifs is 1. The maximum Gasteiger partial charge on any atom is 0.247 e. The Labute approximate surface area is 150 Å². The number of para-hydroxylation sites is 2. The smallest absolute Gasteiger partial charge is 0.247 e. The van der Waals surface area contributed by atoms with E-state index in [-0.39, 0.29) is 5.91 Å². The molecule has 0 spiro atoms. The predicted octanol–water partition coefficient (Wildman–Crippen LogP) is 3.13. The Balaban J connectivity index is 1.52. The zero-order valence-electron chi connectivity index (χ0n) is 14.5. The number of imidazole rings is 2. The van der Waals surface area contributed by atoms with Gasteiger partial charge in [0.1, 0.15) is 17.7 Å². The van der Waals surface area contributed by atoms with Crippen LogP contribution >= 0.6 is 0 Å². The minimum atomic E-state index is -0.391. The summed E-state index contributed by atoms with van der Waals surface area (Å²) >= 11 is 0. The molecule has 130 valence electrons. The number of hydrogen-bond donors (Lipinski definition) is 1. The van der Waals surface area contributed by atoms with Gasteiger partial charge in [0.05, 0.1) is 29.2 Å². The molecule has 4 aromatic rings. The average molecular weight is 346 g/mol. The number of nitrogens with zero attached hydrogens (tertiary/aromatic N) is 5. The van der Waals surface area contributed by atoms with Gasteiger partial charge < -0.3 is 9.88 Å². The van der Waals surface area contributed by atoms with Crippen LogP contribution in [-0.4, -0.2) is 30.0 Å². The van der Waals surface area contributed by atoms with E-state index in [0.29, 0.717) is 5.69 Å². The second-order valence-corrected chi connectivity index (χ2v) is 6.06. The van der Waals surface area contributed by atoms with Gasteiger partial charge in [-0.3, -0.25) is 9.36 Å². The van der Waals surface area contributed by atoms with Crippen molar-refractivity contribution in [1.82, 2.24) is 24.1 Å². The number of rotatable bonds is 4. The zero-order valence-corrected chi connectivity index (χ0v) is 14.5. The molecule has 7 heteroatoms. The normalized spacial score (nSPS) is 12.2. The highest BCUT2D eigenvalue weighted by atomic mass is 16.2. The Bertz CT molecular complexity index is 1060. The summed E-state index contributed by atoms with van der Waals surface area (Å²) in [6, 6.07) is 11.0. The number of carbonyl (C=O) groups is 1. The third kappa shape index (κ3) is 2.83. The van der Waals surface area contributed by atoms with E-state index in [1.54, 1.807) is 18.7 Å². The molecule has 0 aliphatic heterocycles. The number of carbonyl (C=O) groups excluding carboxylic acids is 1. The first-order valence-corrected chi connectivity index (χ1v) is 8.32. The van der Waals surface area contributed by atoms with Crippen molar-refractivity contribution in [3.05, 3.63) is 67.1 Å². The van der Waals surface area contributed by atoms with Crippen molar-refractivity contribution in [2.24, 2.45) is 0 Å². The molecular weight excluding hydrogens is 328 g/mol. The van der Waals surface area contributed by atoms with Crippen LogP contribution in [0.4, 0.5) is 5.69 Å². The summed E-state index contributed by atoms with van der Waals surface area (Å²) in [6.07, 6.45) is 6.91. The monoisotopic (exact) mass is 346 g/mol. The first kappa shape index (κ1) is 16.0. The fourth-order valence-corrected chi connectivity index (χ4v) is 2.88. The molecule has 0 aliphatic carbocycles. The first-order chi connectivity index (χ1) is 12.6. The fraction of sp³-hybridized carbons (Fsp3) is 0.158. The lowest BCUT2D eigenvalue weighted by Gasteiger charge is -2.14. The molecule has 0 radical (unpaired) electrons. The van der Waals surface area contributed by atoms with Crippen LogP contribution in [0.3, 0.4) is 0 Å². The van der Waals surface area contributed by atoms with Crippen molar-refractivity contribution in [2.75, 3.05) is 5.32 Å². The highest BCUT2D eigenvalue weighted by molar-refractivity contribution is 5.94. The predicted molar refractivity (Wildman–Crippen MR) is 99.2 cm³/mol. The Kier molecular flexibility index (Phi) is 3.96. The molecule has 0 fully saturated rings. The van der Waals surface area contributed by atoms with E-state index in [1.165, 1.54) is 0 Å². The molecule has 3 aromatic heterocycles. The van der Waals surface area contributed by atoms with Gasteiger partial charge in [-0.15, -0.1) is 0 Å². The van der Waals surface area contributed by atoms with Gasteiger partial charge in [0.2, 0.25) is 5.91 Å². The number of pyridine rings is 1. The lowest BCUT2D eigenvalue weighted by molar-refractivity contribution is -0.118. The molecule has 0 aliphatic rings. The lowest BCUT2D eigenvalue weighted by Crippen LogP contribution is -2.23. The number of nitrogens with one attached hydrogen (secondary N) is 1. The van der Waals surface area contributed by atoms with E-state index >= 15 is 0 Å². The van der Waals surface area contributed by atoms with Gasteiger partial charge in [0, 0.05) is 12.4 Å². The fourth-order valence-electron chi connectivity index (χ4n) is 2.88. The number of benzene rings is 1. The second-order valence-electron chi connectivity index (χ2n) is 6.06. The third-order valence-electron chi connectivity index (χ3n) is 4.37. The van der Waals surface area contributed by atoms with Crippen LogP contribution in [0, 0.1) is 6.92 Å². The second kappa shape index (κ2) is 6.44. The molecule has 1 aromatic carbocycles. The standard InChI is InChI=1S/C19H18N6O/c1-13(25-12-22-16-5-3-4-6-17(16)25)19(26)23-15-7-8-18(21-11-15)24-10-9-20-14(24)2/h3-13H,1-2H3,(H,23,26)/t13-/m1/s1. The Hall–Kier alpha value is -3.48. The molecule has 3 heterocycles. The number of aromatic nitrogens is 5. The molecule has 7 nitrogen and oxygen atoms in total. The average Bonchev–Trinajstić information content (AvgIpc) is 3.28. The summed E-state index contributed by atoms with van der Waals surface area (Å²) < 4.78 is 3.74. The van der Waals surface area contributed by atoms with Crippen molar-refractivity contribution in [2.45, 2.75) is 19.9 Å². The first-order valence-electron chi connectivity index (χ1n) is 8.32. The molecule has 1 amide bonds. The number of hydrogen-bond acceptors (Lipinski definition) is 4. The molecule has 0 unspecified atom stereocenters. The van der Waals surface area contributed by atoms with Gasteiger partial charge in [-0.2, -0.15) is 0 Å². The molecule has 0 saturated heterocycles. The molecule has 26 heavy (non-hydrogen) atoms. The van der Waals surface area contributed by atoms with Gasteiger partial charge in [-0.05, 0) is 38.1 Å². The number of anilines is 1. The van der Waals surface area contributed by atoms with Crippen molar-refractivity contribution in [1.29, 1.82) is 0 Å². The Morgan fingerprint density at radius 3 is 2.69 bits per heavy atom. The van der Waals surface area contributed by atoms with Gasteiger partial charge in [-0.1, -0.05) is 12.1 Å². The summed E-state index contributed by atoms with van der Waals surface area (Å²) in [7, 11) is 0. The van der Waals surface area contributed by atoms with E-state index in [2.05, 4.69) is 20.3 Å². The molecular formula is C19H18N6O. The van der Waals surface area contributed by atoms with Crippen LogP contribution in [0.1, 0.15) is 18.8 Å². The summed E-state index contributed by atoms with van der Waals surface area (Å²) in [5.41, 5.74) is 2.45. The SMILES string of the molecule is Cc1nccn1-c1ccc(NC(=O)[C@@H](C)n2cnc3ccccc32)cn1. The van der Waals surface area contributed by atoms with Gasteiger partial charge >= 0.3 is 0 Å². The summed E-state index contributed by atoms with van der Waals surface area (Å²) in [4.78, 5) is 25.5. The van der Waals surface area contributed by atoms with Crippen LogP contribution in [-0.2, 0) is 4.79 Å². The minimum Gasteiger partial charge on any atom is -0.323 e. The Morgan fingerprint density at radius 1 is 1.12 bits per heavy atom. The third-order valence-corrected chi connectivity index (χ3v) is 4.37. The topological polar surface area (TPSA) is 77.6 Å². The summed E-state index contributed by atoms with van der Waals surface area (Å²) in [5, 5.41) is 2.91. The van der Waals surface area contributed by atoms with Crippen LogP contribution in [0.5, 0.6) is 0 Å². The highest BCUT2D eigenvalue weighted by Gasteiger charge is 2.17. The minimum absolute atomic E-state index is 0.124. The van der Waals surface area contributed by atoms with E-state index in [4.69, 9.17) is 0 Å². The van der Waals surface area contributed by atoms with Crippen LogP contribution in [0.25, 0.3) is 16.9 Å². The molecule has 0 bridgehead atoms. The zero-order chi connectivity index (χ0) is 18.1.